The van der Waals surface area contributed by atoms with Crippen molar-refractivity contribution in [3.8, 4) is 0 Å². The van der Waals surface area contributed by atoms with E-state index in [0.29, 0.717) is 0 Å². The van der Waals surface area contributed by atoms with Crippen molar-refractivity contribution in [1.29, 1.82) is 0 Å². The maximum absolute atomic E-state index is 13.3. The third-order valence-corrected chi connectivity index (χ3v) is 10.5. The normalized spacial score (nSPS) is 12.3. The summed E-state index contributed by atoms with van der Waals surface area (Å²) < 4.78 is 83.1. The molecule has 9 nitrogen and oxygen atoms in total. The minimum Gasteiger partial charge on any atom is -0.210 e. The van der Waals surface area contributed by atoms with Gasteiger partial charge >= 0.3 is 29.6 Å². The van der Waals surface area contributed by atoms with Crippen molar-refractivity contribution in [3.05, 3.63) is 89.5 Å². The third kappa shape index (κ3) is 8.70. The van der Waals surface area contributed by atoms with Gasteiger partial charge in [-0.3, -0.25) is 0 Å². The topological polar surface area (TPSA) is 130 Å². The molecular weight excluding hydrogens is 557 g/mol. The van der Waals surface area contributed by atoms with Crippen LogP contribution in [0.3, 0.4) is 0 Å². The van der Waals surface area contributed by atoms with Gasteiger partial charge in [0.05, 0.1) is 14.7 Å². The van der Waals surface area contributed by atoms with Crippen LogP contribution in [-0.4, -0.2) is 55.7 Å². The molecule has 3 rings (SSSR count). The molecule has 2 N–H and O–H groups in total. The van der Waals surface area contributed by atoms with Gasteiger partial charge in [0.1, 0.15) is 0 Å². The largest absolute Gasteiger partial charge is 1.00 e. The minimum atomic E-state index is -4.03. The molecule has 0 saturated heterocycles. The van der Waals surface area contributed by atoms with Crippen LogP contribution in [0.2, 0.25) is 0 Å². The summed E-state index contributed by atoms with van der Waals surface area (Å²) in [6.45, 7) is 4.70. The minimum absolute atomic E-state index is 0. The van der Waals surface area contributed by atoms with Crippen molar-refractivity contribution in [3.63, 3.8) is 0 Å². The van der Waals surface area contributed by atoms with Crippen LogP contribution in [-0.2, 0) is 30.1 Å². The Morgan fingerprint density at radius 2 is 0.816 bits per heavy atom. The van der Waals surface area contributed by atoms with Crippen LogP contribution in [0.15, 0.2) is 87.5 Å². The van der Waals surface area contributed by atoms with Gasteiger partial charge in [-0.2, -0.15) is 4.31 Å². The van der Waals surface area contributed by atoms with E-state index >= 15 is 0 Å². The summed E-state index contributed by atoms with van der Waals surface area (Å²) in [7, 11) is -11.7. The van der Waals surface area contributed by atoms with Crippen molar-refractivity contribution >= 4 is 30.1 Å². The SMILES string of the molecule is Cc1ccc(S(=O)(=O)NCCN(CCNS(=O)(=O)c2ccc(C)cc2)S(=O)(=O)c2ccc(C)cc2)cc1.[Na+]. The average Bonchev–Trinajstić information content (AvgIpc) is 2.84. The van der Waals surface area contributed by atoms with E-state index in [1.54, 1.807) is 36.4 Å². The molecule has 3 aromatic carbocycles. The first-order chi connectivity index (χ1) is 17.3. The first-order valence-electron chi connectivity index (χ1n) is 11.5. The predicted octanol–water partition coefficient (Wildman–Crippen LogP) is -0.436. The molecule has 0 aliphatic heterocycles. The Morgan fingerprint density at radius 3 is 1.13 bits per heavy atom. The predicted molar refractivity (Wildman–Crippen MR) is 143 cm³/mol. The van der Waals surface area contributed by atoms with Gasteiger partial charge < -0.3 is 0 Å². The molecule has 0 spiro atoms. The second kappa shape index (κ2) is 13.6. The number of benzene rings is 3. The van der Waals surface area contributed by atoms with Crippen LogP contribution < -0.4 is 39.0 Å². The van der Waals surface area contributed by atoms with E-state index in [9.17, 15) is 25.3 Å². The summed E-state index contributed by atoms with van der Waals surface area (Å²) in [4.78, 5) is 0.162. The van der Waals surface area contributed by atoms with Gasteiger partial charge in [-0.15, -0.1) is 0 Å². The quantitative estimate of drug-likeness (QED) is 0.276. The maximum atomic E-state index is 13.3. The zero-order valence-electron chi connectivity index (χ0n) is 21.9. The molecule has 3 aromatic rings. The molecule has 0 fully saturated rings. The molecule has 200 valence electrons. The van der Waals surface area contributed by atoms with Crippen molar-refractivity contribution in [2.45, 2.75) is 35.5 Å². The van der Waals surface area contributed by atoms with E-state index in [0.717, 1.165) is 21.0 Å². The van der Waals surface area contributed by atoms with Crippen LogP contribution in [0.4, 0.5) is 0 Å². The molecule has 0 saturated carbocycles. The van der Waals surface area contributed by atoms with Gasteiger partial charge in [-0.05, 0) is 57.2 Å². The number of rotatable bonds is 12. The first kappa shape index (κ1) is 32.6. The van der Waals surface area contributed by atoms with Gasteiger partial charge in [0.2, 0.25) is 30.1 Å². The maximum Gasteiger partial charge on any atom is 1.00 e. The molecule has 0 radical (unpaired) electrons. The summed E-state index contributed by atoms with van der Waals surface area (Å²) in [5, 5.41) is 0. The standard InChI is InChI=1S/C25H31N3O6S3.Na/c1-20-4-10-23(11-5-20)35(29,30)26-16-18-28(37(33,34)25-14-8-22(3)9-15-25)19-17-27-36(31,32)24-12-6-21(2)7-13-24;/h4-15,26-27H,16-19H2,1-3H3;/q;+1. The monoisotopic (exact) mass is 588 g/mol. The summed E-state index contributed by atoms with van der Waals surface area (Å²) >= 11 is 0. The molecule has 0 aromatic heterocycles. The van der Waals surface area contributed by atoms with Gasteiger partial charge in [0, 0.05) is 26.2 Å². The third-order valence-electron chi connectivity index (χ3n) is 5.63. The molecule has 0 amide bonds. The van der Waals surface area contributed by atoms with Crippen LogP contribution in [0.5, 0.6) is 0 Å². The molecule has 38 heavy (non-hydrogen) atoms. The van der Waals surface area contributed by atoms with E-state index in [4.69, 9.17) is 0 Å². The van der Waals surface area contributed by atoms with Crippen LogP contribution >= 0.6 is 0 Å². The van der Waals surface area contributed by atoms with Crippen molar-refractivity contribution in [2.75, 3.05) is 26.2 Å². The number of hydrogen-bond acceptors (Lipinski definition) is 6. The smallest absolute Gasteiger partial charge is 0.210 e. The van der Waals surface area contributed by atoms with E-state index in [-0.39, 0.29) is 70.4 Å². The van der Waals surface area contributed by atoms with E-state index in [2.05, 4.69) is 9.44 Å². The van der Waals surface area contributed by atoms with Crippen LogP contribution in [0.1, 0.15) is 16.7 Å². The van der Waals surface area contributed by atoms with Gasteiger partial charge in [-0.1, -0.05) is 53.1 Å². The van der Waals surface area contributed by atoms with Gasteiger partial charge in [-0.25, -0.2) is 34.7 Å². The number of nitrogens with one attached hydrogen (secondary N) is 2. The van der Waals surface area contributed by atoms with E-state index < -0.39 is 30.1 Å². The Kier molecular flexibility index (Phi) is 11.7. The second-order valence-electron chi connectivity index (χ2n) is 8.64. The fraction of sp³-hybridized carbons (Fsp3) is 0.280. The summed E-state index contributed by atoms with van der Waals surface area (Å²) in [5.74, 6) is 0. The zero-order chi connectivity index (χ0) is 27.3. The summed E-state index contributed by atoms with van der Waals surface area (Å²) in [5.41, 5.74) is 2.69. The van der Waals surface area contributed by atoms with Crippen molar-refractivity contribution in [2.24, 2.45) is 0 Å². The fourth-order valence-corrected chi connectivity index (χ4v) is 6.91. The molecule has 0 aliphatic carbocycles. The Bertz CT molecular complexity index is 1440. The second-order valence-corrected chi connectivity index (χ2v) is 14.1. The fourth-order valence-electron chi connectivity index (χ4n) is 3.42. The molecule has 0 bridgehead atoms. The Morgan fingerprint density at radius 1 is 0.526 bits per heavy atom. The van der Waals surface area contributed by atoms with Crippen LogP contribution in [0.25, 0.3) is 0 Å². The Labute approximate surface area is 248 Å². The molecule has 0 heterocycles. The van der Waals surface area contributed by atoms with E-state index in [1.807, 2.05) is 20.8 Å². The van der Waals surface area contributed by atoms with E-state index in [1.165, 1.54) is 36.4 Å². The molecule has 0 unspecified atom stereocenters. The first-order valence-corrected chi connectivity index (χ1v) is 15.9. The van der Waals surface area contributed by atoms with Crippen molar-refractivity contribution < 1.29 is 54.8 Å². The van der Waals surface area contributed by atoms with Gasteiger partial charge in [0.25, 0.3) is 0 Å². The summed E-state index contributed by atoms with van der Waals surface area (Å²) in [6, 6.07) is 18.8. The Hall–Kier alpha value is -1.61. The zero-order valence-corrected chi connectivity index (χ0v) is 26.3. The molecule has 13 heteroatoms. The molecule has 0 atom stereocenters. The number of hydrogen-bond donors (Lipinski definition) is 2. The Balaban J connectivity index is 0.00000507. The summed E-state index contributed by atoms with van der Waals surface area (Å²) in [6.07, 6.45) is 0. The number of nitrogens with zero attached hydrogens (tertiary/aromatic N) is 1. The molecular formula is C25H31N3NaO6S3+. The van der Waals surface area contributed by atoms with Crippen LogP contribution in [0, 0.1) is 20.8 Å². The molecule has 0 aliphatic rings. The van der Waals surface area contributed by atoms with Crippen molar-refractivity contribution in [1.82, 2.24) is 13.7 Å². The van der Waals surface area contributed by atoms with Gasteiger partial charge in [0.15, 0.2) is 0 Å². The number of sulfonamides is 3. The number of aryl methyl sites for hydroxylation is 3. The average molecular weight is 589 g/mol.